The number of hydrogen-bond acceptors (Lipinski definition) is 4. The quantitative estimate of drug-likeness (QED) is 0.888. The molecular weight excluding hydrogens is 236 g/mol. The Hall–Kier alpha value is -0.970. The first-order chi connectivity index (χ1) is 9.03. The molecule has 1 aromatic heterocycles. The maximum atomic E-state index is 4.58. The highest BCUT2D eigenvalue weighted by Crippen LogP contribution is 2.33. The second-order valence-electron chi connectivity index (χ2n) is 6.01. The lowest BCUT2D eigenvalue weighted by Gasteiger charge is -2.48. The minimum absolute atomic E-state index is 0.0694. The Balaban J connectivity index is 2.27. The smallest absolute Gasteiger partial charge is 0.0696 e. The van der Waals surface area contributed by atoms with Gasteiger partial charge in [-0.05, 0) is 40.1 Å². The minimum atomic E-state index is 0.0694. The first-order valence-electron chi connectivity index (χ1n) is 7.06. The number of nitrogens with one attached hydrogen (secondary N) is 1. The van der Waals surface area contributed by atoms with Gasteiger partial charge in [-0.15, -0.1) is 0 Å². The Kier molecular flexibility index (Phi) is 4.55. The van der Waals surface area contributed by atoms with Crippen molar-refractivity contribution in [2.45, 2.75) is 25.4 Å². The van der Waals surface area contributed by atoms with Crippen molar-refractivity contribution in [2.24, 2.45) is 0 Å². The Morgan fingerprint density at radius 2 is 1.95 bits per heavy atom. The van der Waals surface area contributed by atoms with Crippen LogP contribution in [0.15, 0.2) is 24.4 Å². The van der Waals surface area contributed by atoms with Crippen LogP contribution in [0.25, 0.3) is 0 Å². The number of rotatable bonds is 4. The average molecular weight is 262 g/mol. The van der Waals surface area contributed by atoms with E-state index in [0.717, 1.165) is 31.9 Å². The van der Waals surface area contributed by atoms with Crippen molar-refractivity contribution in [1.82, 2.24) is 20.1 Å². The molecule has 1 unspecified atom stereocenters. The van der Waals surface area contributed by atoms with Crippen molar-refractivity contribution in [3.63, 3.8) is 0 Å². The lowest BCUT2D eigenvalue weighted by molar-refractivity contribution is 0.0273. The first-order valence-corrected chi connectivity index (χ1v) is 7.06. The highest BCUT2D eigenvalue weighted by atomic mass is 15.3. The Morgan fingerprint density at radius 3 is 2.47 bits per heavy atom. The van der Waals surface area contributed by atoms with Gasteiger partial charge in [-0.2, -0.15) is 0 Å². The van der Waals surface area contributed by atoms with E-state index < -0.39 is 0 Å². The van der Waals surface area contributed by atoms with Gasteiger partial charge in [0.05, 0.1) is 11.7 Å². The van der Waals surface area contributed by atoms with E-state index in [1.165, 1.54) is 0 Å². The molecule has 19 heavy (non-hydrogen) atoms. The summed E-state index contributed by atoms with van der Waals surface area (Å²) >= 11 is 0. The van der Waals surface area contributed by atoms with Gasteiger partial charge in [-0.25, -0.2) is 0 Å². The van der Waals surface area contributed by atoms with Gasteiger partial charge in [0.25, 0.3) is 0 Å². The van der Waals surface area contributed by atoms with E-state index in [4.69, 9.17) is 0 Å². The zero-order valence-corrected chi connectivity index (χ0v) is 12.6. The normalized spacial score (nSPS) is 19.6. The summed E-state index contributed by atoms with van der Waals surface area (Å²) in [6.45, 7) is 9.02. The second kappa shape index (κ2) is 5.99. The number of pyridine rings is 1. The number of hydrogen-bond donors (Lipinski definition) is 1. The van der Waals surface area contributed by atoms with Crippen LogP contribution in [0, 0.1) is 0 Å². The molecule has 1 atom stereocenters. The fraction of sp³-hybridized carbons (Fsp3) is 0.667. The van der Waals surface area contributed by atoms with Gasteiger partial charge >= 0.3 is 0 Å². The topological polar surface area (TPSA) is 31.4 Å². The van der Waals surface area contributed by atoms with Crippen LogP contribution in [0.2, 0.25) is 0 Å². The summed E-state index contributed by atoms with van der Waals surface area (Å²) in [5, 5.41) is 3.42. The van der Waals surface area contributed by atoms with Gasteiger partial charge in [0.2, 0.25) is 0 Å². The molecule has 4 nitrogen and oxygen atoms in total. The third-order valence-corrected chi connectivity index (χ3v) is 4.09. The van der Waals surface area contributed by atoms with Crippen LogP contribution in [0.5, 0.6) is 0 Å². The third kappa shape index (κ3) is 3.14. The highest BCUT2D eigenvalue weighted by molar-refractivity contribution is 5.14. The van der Waals surface area contributed by atoms with Crippen LogP contribution in [-0.2, 0) is 0 Å². The van der Waals surface area contributed by atoms with Crippen molar-refractivity contribution < 1.29 is 0 Å². The van der Waals surface area contributed by atoms with Crippen LogP contribution >= 0.6 is 0 Å². The number of piperazine rings is 1. The van der Waals surface area contributed by atoms with Gasteiger partial charge in [0.15, 0.2) is 0 Å². The molecular formula is C15H26N4. The summed E-state index contributed by atoms with van der Waals surface area (Å²) in [5.41, 5.74) is 1.22. The summed E-state index contributed by atoms with van der Waals surface area (Å²) in [6.07, 6.45) is 1.89. The maximum Gasteiger partial charge on any atom is 0.0696 e. The number of likely N-dealkylation sites (N-methyl/N-ethyl adjacent to an activating group) is 1. The van der Waals surface area contributed by atoms with Gasteiger partial charge in [0, 0.05) is 37.9 Å². The zero-order valence-electron chi connectivity index (χ0n) is 12.6. The average Bonchev–Trinajstić information content (AvgIpc) is 2.40. The van der Waals surface area contributed by atoms with Gasteiger partial charge < -0.3 is 5.32 Å². The molecule has 1 aliphatic heterocycles. The number of aromatic nitrogens is 1. The van der Waals surface area contributed by atoms with Crippen molar-refractivity contribution >= 4 is 0 Å². The second-order valence-corrected chi connectivity index (χ2v) is 6.01. The van der Waals surface area contributed by atoms with Crippen LogP contribution in [0.3, 0.4) is 0 Å². The Bertz CT molecular complexity index is 382. The van der Waals surface area contributed by atoms with Crippen molar-refractivity contribution in [3.05, 3.63) is 30.1 Å². The van der Waals surface area contributed by atoms with Gasteiger partial charge in [0.1, 0.15) is 0 Å². The molecule has 0 saturated carbocycles. The highest BCUT2D eigenvalue weighted by Gasteiger charge is 2.38. The fourth-order valence-electron chi connectivity index (χ4n) is 3.21. The molecule has 1 aromatic rings. The van der Waals surface area contributed by atoms with Gasteiger partial charge in [-0.3, -0.25) is 14.8 Å². The summed E-state index contributed by atoms with van der Waals surface area (Å²) in [4.78, 5) is 9.43. The predicted molar refractivity (Wildman–Crippen MR) is 79.2 cm³/mol. The minimum Gasteiger partial charge on any atom is -0.314 e. The van der Waals surface area contributed by atoms with E-state index in [2.05, 4.69) is 60.2 Å². The summed E-state index contributed by atoms with van der Waals surface area (Å²) in [6, 6.07) is 6.49. The molecule has 1 N–H and O–H groups in total. The predicted octanol–water partition coefficient (Wildman–Crippen LogP) is 1.37. The fourth-order valence-corrected chi connectivity index (χ4v) is 3.21. The van der Waals surface area contributed by atoms with Crippen LogP contribution in [-0.4, -0.2) is 60.6 Å². The molecule has 0 aromatic carbocycles. The van der Waals surface area contributed by atoms with Gasteiger partial charge in [-0.1, -0.05) is 6.07 Å². The molecule has 2 heterocycles. The molecule has 0 radical (unpaired) electrons. The summed E-state index contributed by atoms with van der Waals surface area (Å²) < 4.78 is 0. The lowest BCUT2D eigenvalue weighted by atomic mass is 9.88. The number of nitrogens with zero attached hydrogens (tertiary/aromatic N) is 3. The molecule has 0 aliphatic carbocycles. The zero-order chi connectivity index (χ0) is 13.9. The van der Waals surface area contributed by atoms with E-state index in [1.54, 1.807) is 0 Å². The third-order valence-electron chi connectivity index (χ3n) is 4.09. The van der Waals surface area contributed by atoms with Crippen molar-refractivity contribution in [3.8, 4) is 0 Å². The monoisotopic (exact) mass is 262 g/mol. The maximum absolute atomic E-state index is 4.58. The van der Waals surface area contributed by atoms with E-state index in [0.29, 0.717) is 6.04 Å². The van der Waals surface area contributed by atoms with Crippen molar-refractivity contribution in [2.75, 3.05) is 40.3 Å². The molecule has 0 amide bonds. The lowest BCUT2D eigenvalue weighted by Crippen LogP contribution is -2.58. The van der Waals surface area contributed by atoms with Crippen LogP contribution < -0.4 is 5.32 Å². The SMILES string of the molecule is CN(C)C(c1ccccn1)C(C)(C)N1CCNCC1. The molecule has 0 bridgehead atoms. The van der Waals surface area contributed by atoms with Crippen LogP contribution in [0.4, 0.5) is 0 Å². The molecule has 4 heteroatoms. The van der Waals surface area contributed by atoms with E-state index in [1.807, 2.05) is 12.3 Å². The largest absolute Gasteiger partial charge is 0.314 e. The summed E-state index contributed by atoms with van der Waals surface area (Å²) in [5.74, 6) is 0. The standard InChI is InChI=1S/C15H26N4/c1-15(2,19-11-9-16-10-12-19)14(18(3)4)13-7-5-6-8-17-13/h5-8,14,16H,9-12H2,1-4H3. The molecule has 1 saturated heterocycles. The molecule has 1 fully saturated rings. The van der Waals surface area contributed by atoms with E-state index >= 15 is 0 Å². The molecule has 2 rings (SSSR count). The molecule has 1 aliphatic rings. The van der Waals surface area contributed by atoms with E-state index in [-0.39, 0.29) is 5.54 Å². The van der Waals surface area contributed by atoms with Crippen LogP contribution in [0.1, 0.15) is 25.6 Å². The molecule has 106 valence electrons. The van der Waals surface area contributed by atoms with E-state index in [9.17, 15) is 0 Å². The summed E-state index contributed by atoms with van der Waals surface area (Å²) in [7, 11) is 4.28. The Labute approximate surface area is 116 Å². The molecule has 0 spiro atoms. The first kappa shape index (κ1) is 14.4. The Morgan fingerprint density at radius 1 is 1.26 bits per heavy atom. The van der Waals surface area contributed by atoms with Crippen molar-refractivity contribution in [1.29, 1.82) is 0 Å².